The Kier molecular flexibility index (Phi) is 2.61. The molecule has 1 aromatic carbocycles. The van der Waals surface area contributed by atoms with E-state index >= 15 is 0 Å². The van der Waals surface area contributed by atoms with Gasteiger partial charge in [-0.25, -0.2) is 0 Å². The van der Waals surface area contributed by atoms with Crippen LogP contribution in [0, 0.1) is 10.1 Å². The molecule has 16 heavy (non-hydrogen) atoms. The third-order valence-electron chi connectivity index (χ3n) is 1.97. The first kappa shape index (κ1) is 10.2. The Balaban J connectivity index is 2.50. The van der Waals surface area contributed by atoms with Crippen LogP contribution in [-0.2, 0) is 6.54 Å². The monoisotopic (exact) mass is 220 g/mol. The minimum atomic E-state index is -0.498. The lowest BCUT2D eigenvalue weighted by Gasteiger charge is -1.96. The van der Waals surface area contributed by atoms with Crippen molar-refractivity contribution in [3.63, 3.8) is 0 Å². The van der Waals surface area contributed by atoms with Gasteiger partial charge in [0.05, 0.1) is 11.5 Å². The Morgan fingerprint density at radius 1 is 1.38 bits per heavy atom. The molecule has 2 aromatic rings. The molecule has 7 nitrogen and oxygen atoms in total. The molecule has 2 rings (SSSR count). The quantitative estimate of drug-likeness (QED) is 0.612. The number of nitrogens with zero attached hydrogens (tertiary/aromatic N) is 3. The molecule has 0 radical (unpaired) electrons. The summed E-state index contributed by atoms with van der Waals surface area (Å²) in [5.41, 5.74) is 5.53. The van der Waals surface area contributed by atoms with Crippen molar-refractivity contribution in [3.05, 3.63) is 40.3 Å². The van der Waals surface area contributed by atoms with Gasteiger partial charge in [-0.05, 0) is 6.07 Å². The number of hydrogen-bond donors (Lipinski definition) is 1. The number of benzene rings is 1. The minimum Gasteiger partial charge on any atom is -0.419 e. The Morgan fingerprint density at radius 2 is 2.12 bits per heavy atom. The van der Waals surface area contributed by atoms with Crippen molar-refractivity contribution in [2.24, 2.45) is 5.73 Å². The molecule has 2 N–H and O–H groups in total. The van der Waals surface area contributed by atoms with Gasteiger partial charge in [0, 0.05) is 6.07 Å². The topological polar surface area (TPSA) is 108 Å². The van der Waals surface area contributed by atoms with Gasteiger partial charge in [0.15, 0.2) is 0 Å². The van der Waals surface area contributed by atoms with Gasteiger partial charge in [0.1, 0.15) is 5.56 Å². The second kappa shape index (κ2) is 4.07. The molecule has 1 aromatic heterocycles. The second-order valence-electron chi connectivity index (χ2n) is 2.98. The molecular formula is C9H8N4O3. The lowest BCUT2D eigenvalue weighted by Crippen LogP contribution is -1.95. The summed E-state index contributed by atoms with van der Waals surface area (Å²) in [5, 5.41) is 18.1. The standard InChI is InChI=1S/C9H8N4O3/c10-5-8-11-12-9(16-8)6-3-1-2-4-7(6)13(14)15/h1-4H,5,10H2. The van der Waals surface area contributed by atoms with Crippen molar-refractivity contribution < 1.29 is 9.34 Å². The van der Waals surface area contributed by atoms with Gasteiger partial charge in [-0.3, -0.25) is 10.1 Å². The first-order valence-electron chi connectivity index (χ1n) is 4.48. The molecule has 1 heterocycles. The van der Waals surface area contributed by atoms with Crippen LogP contribution in [0.1, 0.15) is 5.89 Å². The summed E-state index contributed by atoms with van der Waals surface area (Å²) in [4.78, 5) is 10.3. The fraction of sp³-hybridized carbons (Fsp3) is 0.111. The highest BCUT2D eigenvalue weighted by Gasteiger charge is 2.18. The van der Waals surface area contributed by atoms with E-state index in [1.165, 1.54) is 6.07 Å². The maximum absolute atomic E-state index is 10.8. The summed E-state index contributed by atoms with van der Waals surface area (Å²) < 4.78 is 5.16. The summed E-state index contributed by atoms with van der Waals surface area (Å²) in [5.74, 6) is 0.348. The average molecular weight is 220 g/mol. The summed E-state index contributed by atoms with van der Waals surface area (Å²) in [6.45, 7) is 0.105. The summed E-state index contributed by atoms with van der Waals surface area (Å²) in [6.07, 6.45) is 0. The fourth-order valence-electron chi connectivity index (χ4n) is 1.26. The second-order valence-corrected chi connectivity index (χ2v) is 2.98. The molecule has 0 unspecified atom stereocenters. The largest absolute Gasteiger partial charge is 0.419 e. The predicted octanol–water partition coefficient (Wildman–Crippen LogP) is 1.10. The smallest absolute Gasteiger partial charge is 0.282 e. The molecular weight excluding hydrogens is 212 g/mol. The zero-order valence-electron chi connectivity index (χ0n) is 8.16. The van der Waals surface area contributed by atoms with Crippen molar-refractivity contribution in [3.8, 4) is 11.5 Å². The molecule has 0 bridgehead atoms. The van der Waals surface area contributed by atoms with Gasteiger partial charge in [-0.2, -0.15) is 0 Å². The molecule has 0 amide bonds. The zero-order chi connectivity index (χ0) is 11.5. The Morgan fingerprint density at radius 3 is 2.75 bits per heavy atom. The highest BCUT2D eigenvalue weighted by molar-refractivity contribution is 5.66. The van der Waals surface area contributed by atoms with Crippen LogP contribution in [0.2, 0.25) is 0 Å². The maximum atomic E-state index is 10.8. The third-order valence-corrected chi connectivity index (χ3v) is 1.97. The van der Waals surface area contributed by atoms with Gasteiger partial charge in [-0.15, -0.1) is 10.2 Å². The van der Waals surface area contributed by atoms with Crippen molar-refractivity contribution in [2.75, 3.05) is 0 Å². The van der Waals surface area contributed by atoms with Gasteiger partial charge in [-0.1, -0.05) is 12.1 Å². The first-order valence-corrected chi connectivity index (χ1v) is 4.48. The van der Waals surface area contributed by atoms with E-state index < -0.39 is 4.92 Å². The molecule has 0 saturated heterocycles. The summed E-state index contributed by atoms with van der Waals surface area (Å²) in [7, 11) is 0. The molecule has 0 atom stereocenters. The van der Waals surface area contributed by atoms with Crippen molar-refractivity contribution >= 4 is 5.69 Å². The number of aromatic nitrogens is 2. The fourth-order valence-corrected chi connectivity index (χ4v) is 1.26. The summed E-state index contributed by atoms with van der Waals surface area (Å²) in [6, 6.07) is 6.16. The van der Waals surface area contributed by atoms with Crippen LogP contribution >= 0.6 is 0 Å². The van der Waals surface area contributed by atoms with Crippen LogP contribution < -0.4 is 5.73 Å². The van der Waals surface area contributed by atoms with Crippen LogP contribution in [0.4, 0.5) is 5.69 Å². The van der Waals surface area contributed by atoms with Crippen LogP contribution in [0.5, 0.6) is 0 Å². The highest BCUT2D eigenvalue weighted by atomic mass is 16.6. The molecule has 0 fully saturated rings. The number of para-hydroxylation sites is 1. The van der Waals surface area contributed by atoms with Gasteiger partial charge < -0.3 is 10.2 Å². The van der Waals surface area contributed by atoms with E-state index in [4.69, 9.17) is 10.2 Å². The predicted molar refractivity (Wildman–Crippen MR) is 54.3 cm³/mol. The lowest BCUT2D eigenvalue weighted by atomic mass is 10.2. The SMILES string of the molecule is NCc1nnc(-c2ccccc2[N+](=O)[O-])o1. The molecule has 7 heteroatoms. The number of nitro benzene ring substituents is 1. The van der Waals surface area contributed by atoms with Crippen molar-refractivity contribution in [1.82, 2.24) is 10.2 Å². The van der Waals surface area contributed by atoms with Gasteiger partial charge >= 0.3 is 0 Å². The third kappa shape index (κ3) is 1.75. The van der Waals surface area contributed by atoms with E-state index in [0.29, 0.717) is 5.56 Å². The van der Waals surface area contributed by atoms with Crippen LogP contribution in [0.25, 0.3) is 11.5 Å². The first-order chi connectivity index (χ1) is 7.72. The number of nitrogens with two attached hydrogens (primary N) is 1. The summed E-state index contributed by atoms with van der Waals surface area (Å²) >= 11 is 0. The zero-order valence-corrected chi connectivity index (χ0v) is 8.16. The minimum absolute atomic E-state index is 0.0743. The number of nitro groups is 1. The van der Waals surface area contributed by atoms with Crippen molar-refractivity contribution in [2.45, 2.75) is 6.54 Å². The lowest BCUT2D eigenvalue weighted by molar-refractivity contribution is -0.384. The Bertz CT molecular complexity index is 523. The van der Waals surface area contributed by atoms with Crippen LogP contribution in [0.15, 0.2) is 28.7 Å². The Labute approximate surface area is 90.0 Å². The number of rotatable bonds is 3. The molecule has 0 aliphatic heterocycles. The van der Waals surface area contributed by atoms with E-state index in [1.807, 2.05) is 0 Å². The highest BCUT2D eigenvalue weighted by Crippen LogP contribution is 2.27. The Hall–Kier alpha value is -2.28. The van der Waals surface area contributed by atoms with E-state index in [0.717, 1.165) is 0 Å². The number of hydrogen-bond acceptors (Lipinski definition) is 6. The molecule has 82 valence electrons. The molecule has 0 spiro atoms. The van der Waals surface area contributed by atoms with Gasteiger partial charge in [0.2, 0.25) is 5.89 Å². The maximum Gasteiger partial charge on any atom is 0.282 e. The average Bonchev–Trinajstić information content (AvgIpc) is 2.77. The van der Waals surface area contributed by atoms with E-state index in [1.54, 1.807) is 18.2 Å². The normalized spacial score (nSPS) is 10.3. The van der Waals surface area contributed by atoms with E-state index in [9.17, 15) is 10.1 Å². The molecule has 0 aliphatic carbocycles. The van der Waals surface area contributed by atoms with Crippen LogP contribution in [-0.4, -0.2) is 15.1 Å². The van der Waals surface area contributed by atoms with Crippen molar-refractivity contribution in [1.29, 1.82) is 0 Å². The van der Waals surface area contributed by atoms with E-state index in [2.05, 4.69) is 10.2 Å². The molecule has 0 saturated carbocycles. The van der Waals surface area contributed by atoms with E-state index in [-0.39, 0.29) is 24.0 Å². The van der Waals surface area contributed by atoms with Crippen LogP contribution in [0.3, 0.4) is 0 Å². The van der Waals surface area contributed by atoms with Gasteiger partial charge in [0.25, 0.3) is 11.6 Å². The molecule has 0 aliphatic rings.